The molecule has 1 aromatic heterocycles. The van der Waals surface area contributed by atoms with E-state index in [1.165, 1.54) is 12.1 Å². The fraction of sp³-hybridized carbons (Fsp3) is 0.421. The smallest absolute Gasteiger partial charge is 0.319 e. The second kappa shape index (κ2) is 11.5. The van der Waals surface area contributed by atoms with Gasteiger partial charge in [-0.1, -0.05) is 12.0 Å². The van der Waals surface area contributed by atoms with Gasteiger partial charge in [-0.3, -0.25) is 4.90 Å². The molecule has 3 atom stereocenters. The zero-order valence-electron chi connectivity index (χ0n) is 27.4. The molecular weight excluding hydrogens is 672 g/mol. The number of anilines is 1. The van der Waals surface area contributed by atoms with Crippen LogP contribution in [0.5, 0.6) is 11.8 Å². The molecule has 4 aromatic rings. The summed E-state index contributed by atoms with van der Waals surface area (Å²) in [5, 5.41) is 13.9. The maximum Gasteiger partial charge on any atom is 0.319 e. The van der Waals surface area contributed by atoms with Crippen molar-refractivity contribution in [1.82, 2.24) is 20.2 Å². The number of terminal acetylenes is 1. The van der Waals surface area contributed by atoms with E-state index in [0.29, 0.717) is 32.0 Å². The molecule has 51 heavy (non-hydrogen) atoms. The van der Waals surface area contributed by atoms with Crippen molar-refractivity contribution in [2.75, 3.05) is 37.7 Å². The van der Waals surface area contributed by atoms with Crippen molar-refractivity contribution in [1.29, 1.82) is 0 Å². The van der Waals surface area contributed by atoms with Gasteiger partial charge < -0.3 is 20.1 Å². The van der Waals surface area contributed by atoms with Gasteiger partial charge in [0, 0.05) is 47.7 Å². The molecule has 2 N–H and O–H groups in total. The molecule has 264 valence electrons. The number of hydrogen-bond donors (Lipinski definition) is 2. The molecule has 0 unspecified atom stereocenters. The summed E-state index contributed by atoms with van der Waals surface area (Å²) in [4.78, 5) is 12.7. The van der Waals surface area contributed by atoms with Gasteiger partial charge >= 0.3 is 6.01 Å². The lowest BCUT2D eigenvalue weighted by molar-refractivity contribution is 0.108. The highest BCUT2D eigenvalue weighted by atomic mass is 19.3. The van der Waals surface area contributed by atoms with Gasteiger partial charge in [-0.15, -0.1) is 6.42 Å². The van der Waals surface area contributed by atoms with Gasteiger partial charge in [0.15, 0.2) is 17.5 Å². The number of aromatic hydroxyl groups is 1. The second-order valence-electron chi connectivity index (χ2n) is 14.8. The lowest BCUT2D eigenvalue weighted by atomic mass is 9.90. The van der Waals surface area contributed by atoms with Crippen LogP contribution in [0.15, 0.2) is 35.9 Å². The van der Waals surface area contributed by atoms with Gasteiger partial charge in [0.05, 0.1) is 22.1 Å². The molecule has 9 rings (SSSR count). The number of nitrogens with zero attached hydrogens (tertiary/aromatic N) is 4. The van der Waals surface area contributed by atoms with E-state index in [2.05, 4.69) is 21.2 Å². The van der Waals surface area contributed by atoms with E-state index in [9.17, 15) is 18.3 Å². The number of nitrogens with one attached hydrogen (secondary N) is 1. The van der Waals surface area contributed by atoms with Gasteiger partial charge in [0.1, 0.15) is 29.5 Å². The number of phenolic OH excluding ortho intramolecular Hbond substituents is 1. The van der Waals surface area contributed by atoms with Crippen molar-refractivity contribution in [3.63, 3.8) is 0 Å². The fourth-order valence-electron chi connectivity index (χ4n) is 9.35. The average Bonchev–Trinajstić information content (AvgIpc) is 3.71. The Labute approximate surface area is 289 Å². The summed E-state index contributed by atoms with van der Waals surface area (Å²) in [6.07, 6.45) is 9.23. The molecule has 13 heteroatoms. The molecule has 4 aliphatic heterocycles. The SMILES string of the molecule is C#Cc1c(F)ccc2cc(O)cc(-c3c(F)c(F)c4c(N5C[C@@H]6CC[C@](C7CC7)(C5)N6)nc(OC[C@@]56CCCN5CC(=C(F)F)C6)nc4c3F)c12. The highest BCUT2D eigenvalue weighted by Crippen LogP contribution is 2.50. The number of halogens is 6. The Balaban J connectivity index is 1.23. The summed E-state index contributed by atoms with van der Waals surface area (Å²) in [6, 6.07) is 4.37. The van der Waals surface area contributed by atoms with Crippen LogP contribution in [0.4, 0.5) is 32.2 Å². The largest absolute Gasteiger partial charge is 0.508 e. The highest BCUT2D eigenvalue weighted by molar-refractivity contribution is 6.04. The van der Waals surface area contributed by atoms with E-state index < -0.39 is 57.1 Å². The number of rotatable bonds is 6. The van der Waals surface area contributed by atoms with Gasteiger partial charge in [0.2, 0.25) is 0 Å². The summed E-state index contributed by atoms with van der Waals surface area (Å²) in [5.74, 6) is -2.93. The minimum atomic E-state index is -1.72. The van der Waals surface area contributed by atoms with Crippen LogP contribution in [-0.2, 0) is 0 Å². The molecule has 5 heterocycles. The Morgan fingerprint density at radius 1 is 1.04 bits per heavy atom. The normalized spacial score (nSPS) is 25.9. The summed E-state index contributed by atoms with van der Waals surface area (Å²) in [6.45, 7) is 1.46. The van der Waals surface area contributed by atoms with Gasteiger partial charge in [-0.25, -0.2) is 17.6 Å². The molecule has 0 spiro atoms. The first-order valence-electron chi connectivity index (χ1n) is 17.2. The maximum atomic E-state index is 17.1. The van der Waals surface area contributed by atoms with E-state index in [0.717, 1.165) is 44.2 Å². The van der Waals surface area contributed by atoms with Crippen LogP contribution in [0.2, 0.25) is 0 Å². The van der Waals surface area contributed by atoms with Gasteiger partial charge in [-0.05, 0) is 81.0 Å². The van der Waals surface area contributed by atoms with Crippen LogP contribution >= 0.6 is 0 Å². The van der Waals surface area contributed by atoms with Crippen LogP contribution in [0, 0.1) is 41.5 Å². The second-order valence-corrected chi connectivity index (χ2v) is 14.8. The van der Waals surface area contributed by atoms with Crippen molar-refractivity contribution in [2.24, 2.45) is 5.92 Å². The Hall–Kier alpha value is -4.54. The Kier molecular flexibility index (Phi) is 7.29. The molecule has 2 bridgehead atoms. The lowest BCUT2D eigenvalue weighted by Gasteiger charge is -2.42. The molecule has 0 radical (unpaired) electrons. The minimum Gasteiger partial charge on any atom is -0.508 e. The van der Waals surface area contributed by atoms with Crippen molar-refractivity contribution < 1.29 is 36.2 Å². The number of benzene rings is 3. The number of phenols is 1. The maximum absolute atomic E-state index is 17.1. The summed E-state index contributed by atoms with van der Waals surface area (Å²) in [5.41, 5.74) is -3.10. The van der Waals surface area contributed by atoms with Crippen LogP contribution in [0.25, 0.3) is 32.8 Å². The molecule has 4 saturated heterocycles. The first-order chi connectivity index (χ1) is 24.5. The molecule has 7 nitrogen and oxygen atoms in total. The van der Waals surface area contributed by atoms with Crippen molar-refractivity contribution >= 4 is 27.5 Å². The number of piperazine rings is 1. The first kappa shape index (κ1) is 32.4. The van der Waals surface area contributed by atoms with E-state index >= 15 is 13.2 Å². The molecule has 5 fully saturated rings. The third kappa shape index (κ3) is 4.97. The average molecular weight is 706 g/mol. The van der Waals surface area contributed by atoms with Crippen molar-refractivity contribution in [3.05, 3.63) is 64.8 Å². The number of aromatic nitrogens is 2. The fourth-order valence-corrected chi connectivity index (χ4v) is 9.35. The zero-order chi connectivity index (χ0) is 35.4. The van der Waals surface area contributed by atoms with Crippen LogP contribution in [0.3, 0.4) is 0 Å². The van der Waals surface area contributed by atoms with Gasteiger partial charge in [-0.2, -0.15) is 18.7 Å². The Morgan fingerprint density at radius 3 is 2.63 bits per heavy atom. The summed E-state index contributed by atoms with van der Waals surface area (Å²) in [7, 11) is 0. The zero-order valence-corrected chi connectivity index (χ0v) is 27.4. The molecule has 1 saturated carbocycles. The molecule has 5 aliphatic rings. The van der Waals surface area contributed by atoms with Crippen molar-refractivity contribution in [3.8, 4) is 35.2 Å². The predicted octanol–water partition coefficient (Wildman–Crippen LogP) is 7.18. The Bertz CT molecular complexity index is 2230. The topological polar surface area (TPSA) is 73.8 Å². The monoisotopic (exact) mass is 705 g/mol. The standard InChI is InChI=1S/C38H33F6N5O2/c1-2-24-26(39)7-4-19-12-23(50)13-25(27(19)24)28-30(40)31(41)29-33(32(28)42)45-36(51-18-37-9-3-11-49(37)15-20(14-37)34(43)44)46-35(29)48-16-22-8-10-38(17-48,47-22)21-5-6-21/h1,4,7,12-13,21-22,47,50H,3,5-6,8-11,14-18H2/t22-,37-,38+/m0/s1. The van der Waals surface area contributed by atoms with E-state index in [4.69, 9.17) is 11.2 Å². The minimum absolute atomic E-state index is 0.0333. The highest BCUT2D eigenvalue weighted by Gasteiger charge is 2.54. The number of ether oxygens (including phenoxy) is 1. The quantitative estimate of drug-likeness (QED) is 0.125. The summed E-state index contributed by atoms with van der Waals surface area (Å²) >= 11 is 0. The third-order valence-electron chi connectivity index (χ3n) is 11.8. The van der Waals surface area contributed by atoms with E-state index in [1.807, 2.05) is 9.80 Å². The molecule has 0 amide bonds. The molecule has 3 aromatic carbocycles. The lowest BCUT2D eigenvalue weighted by Crippen LogP contribution is -2.61. The predicted molar refractivity (Wildman–Crippen MR) is 179 cm³/mol. The Morgan fingerprint density at radius 2 is 1.86 bits per heavy atom. The summed E-state index contributed by atoms with van der Waals surface area (Å²) < 4.78 is 98.7. The van der Waals surface area contributed by atoms with E-state index in [-0.39, 0.29) is 70.5 Å². The van der Waals surface area contributed by atoms with Crippen LogP contribution < -0.4 is 15.0 Å². The third-order valence-corrected chi connectivity index (χ3v) is 11.8. The molecule has 1 aliphatic carbocycles. The van der Waals surface area contributed by atoms with Crippen molar-refractivity contribution in [2.45, 2.75) is 62.1 Å². The van der Waals surface area contributed by atoms with E-state index in [1.54, 1.807) is 0 Å². The number of fused-ring (bicyclic) bond motifs is 5. The van der Waals surface area contributed by atoms with Crippen LogP contribution in [-0.4, -0.2) is 69.9 Å². The molecular formula is C38H33F6N5O2. The van der Waals surface area contributed by atoms with Gasteiger partial charge in [0.25, 0.3) is 6.08 Å². The number of hydrogen-bond acceptors (Lipinski definition) is 7. The first-order valence-corrected chi connectivity index (χ1v) is 17.2. The van der Waals surface area contributed by atoms with Crippen LogP contribution in [0.1, 0.15) is 50.5 Å².